The van der Waals surface area contributed by atoms with Gasteiger partial charge in [0.15, 0.2) is 0 Å². The molecule has 212 valence electrons. The molecule has 2 nitrogen and oxygen atoms in total. The van der Waals surface area contributed by atoms with Crippen LogP contribution in [0.2, 0.25) is 0 Å². The van der Waals surface area contributed by atoms with Gasteiger partial charge in [0.2, 0.25) is 0 Å². The molecule has 0 radical (unpaired) electrons. The third kappa shape index (κ3) is 11.0. The Labute approximate surface area is 243 Å². The Kier molecular flexibility index (Phi) is 14.4. The van der Waals surface area contributed by atoms with Gasteiger partial charge in [-0.2, -0.15) is 12.6 Å². The average molecular weight is 547 g/mol. The Balaban J connectivity index is 1.58. The predicted molar refractivity (Wildman–Crippen MR) is 171 cm³/mol. The van der Waals surface area contributed by atoms with Gasteiger partial charge >= 0.3 is 0 Å². The van der Waals surface area contributed by atoms with E-state index in [1.165, 1.54) is 80.9 Å². The highest BCUT2D eigenvalue weighted by Gasteiger charge is 2.30. The second kappa shape index (κ2) is 18.1. The van der Waals surface area contributed by atoms with Crippen LogP contribution in [0.3, 0.4) is 0 Å². The molecular weight excluding hydrogens is 496 g/mol. The van der Waals surface area contributed by atoms with E-state index in [2.05, 4.69) is 92.7 Å². The molecule has 3 heteroatoms. The zero-order valence-electron chi connectivity index (χ0n) is 24.4. The molecule has 0 aliphatic carbocycles. The van der Waals surface area contributed by atoms with E-state index in [0.29, 0.717) is 0 Å². The molecule has 0 aliphatic heterocycles. The summed E-state index contributed by atoms with van der Waals surface area (Å²) >= 11 is 5.33. The minimum Gasteiger partial charge on any atom is -0.494 e. The van der Waals surface area contributed by atoms with Crippen molar-refractivity contribution >= 4 is 12.6 Å². The first kappa shape index (κ1) is 31.1. The second-order valence-electron chi connectivity index (χ2n) is 10.8. The van der Waals surface area contributed by atoms with Crippen molar-refractivity contribution in [1.29, 1.82) is 0 Å². The van der Waals surface area contributed by atoms with Crippen LogP contribution in [-0.2, 0) is 11.2 Å². The van der Waals surface area contributed by atoms with Crippen LogP contribution in [0.5, 0.6) is 11.5 Å². The Morgan fingerprint density at radius 2 is 0.949 bits per heavy atom. The van der Waals surface area contributed by atoms with Crippen molar-refractivity contribution < 1.29 is 9.47 Å². The fourth-order valence-corrected chi connectivity index (χ4v) is 5.54. The van der Waals surface area contributed by atoms with Crippen LogP contribution in [0.15, 0.2) is 78.9 Å². The summed E-state index contributed by atoms with van der Waals surface area (Å²) < 4.78 is 11.6. The van der Waals surface area contributed by atoms with E-state index >= 15 is 0 Å². The average Bonchev–Trinajstić information content (AvgIpc) is 2.98. The number of unbranched alkanes of at least 4 members (excludes halogenated alkanes) is 10. The van der Waals surface area contributed by atoms with Crippen molar-refractivity contribution in [2.75, 3.05) is 13.2 Å². The predicted octanol–water partition coefficient (Wildman–Crippen LogP) is 10.6. The molecule has 0 aliphatic rings. The molecule has 0 fully saturated rings. The molecule has 3 aromatic carbocycles. The van der Waals surface area contributed by atoms with Crippen LogP contribution in [0.25, 0.3) is 0 Å². The Morgan fingerprint density at radius 1 is 0.513 bits per heavy atom. The number of rotatable bonds is 20. The normalized spacial score (nSPS) is 12.7. The van der Waals surface area contributed by atoms with E-state index < -0.39 is 4.75 Å². The van der Waals surface area contributed by atoms with Crippen LogP contribution in [-0.4, -0.2) is 13.2 Å². The maximum absolute atomic E-state index is 6.04. The van der Waals surface area contributed by atoms with Gasteiger partial charge in [0.1, 0.15) is 11.5 Å². The SMILES string of the molecule is CCCCCCCCOc1ccc(CC(S)(c2ccccc2)c2ccc(OCCCCCCCC)cc2)cc1. The summed E-state index contributed by atoms with van der Waals surface area (Å²) in [6.07, 6.45) is 16.1. The standard InChI is InChI=1S/C36H50O2S/c1-3-5-7-9-11-16-28-37-34-24-20-31(21-25-34)30-36(39,32-18-14-13-15-19-32)33-22-26-35(27-23-33)38-29-17-12-10-8-6-4-2/h13-15,18-27,39H,3-12,16-17,28-30H2,1-2H3. The topological polar surface area (TPSA) is 18.5 Å². The van der Waals surface area contributed by atoms with E-state index in [4.69, 9.17) is 22.1 Å². The molecule has 0 spiro atoms. The largest absolute Gasteiger partial charge is 0.494 e. The van der Waals surface area contributed by atoms with Crippen molar-refractivity contribution in [3.63, 3.8) is 0 Å². The number of hydrogen-bond acceptors (Lipinski definition) is 3. The maximum Gasteiger partial charge on any atom is 0.119 e. The lowest BCUT2D eigenvalue weighted by Gasteiger charge is -2.30. The van der Waals surface area contributed by atoms with Gasteiger partial charge in [-0.15, -0.1) is 0 Å². The van der Waals surface area contributed by atoms with Crippen LogP contribution in [0.1, 0.15) is 108 Å². The summed E-state index contributed by atoms with van der Waals surface area (Å²) in [7, 11) is 0. The molecule has 0 heterocycles. The summed E-state index contributed by atoms with van der Waals surface area (Å²) in [5.41, 5.74) is 3.61. The first-order valence-corrected chi connectivity index (χ1v) is 15.8. The van der Waals surface area contributed by atoms with E-state index in [1.807, 2.05) is 0 Å². The van der Waals surface area contributed by atoms with Gasteiger partial charge in [-0.3, -0.25) is 0 Å². The third-order valence-electron chi connectivity index (χ3n) is 7.50. The third-order valence-corrected chi connectivity index (χ3v) is 8.17. The van der Waals surface area contributed by atoms with E-state index in [1.54, 1.807) is 0 Å². The number of benzene rings is 3. The molecule has 0 saturated heterocycles. The van der Waals surface area contributed by atoms with Crippen LogP contribution >= 0.6 is 12.6 Å². The highest BCUT2D eigenvalue weighted by Crippen LogP contribution is 2.40. The molecule has 1 atom stereocenters. The van der Waals surface area contributed by atoms with Gasteiger partial charge in [-0.25, -0.2) is 0 Å². The fraction of sp³-hybridized carbons (Fsp3) is 0.500. The minimum absolute atomic E-state index is 0.445. The molecule has 3 aromatic rings. The summed E-state index contributed by atoms with van der Waals surface area (Å²) in [6, 6.07) is 27.7. The Hall–Kier alpha value is -2.39. The smallest absolute Gasteiger partial charge is 0.119 e. The molecular formula is C36H50O2S. The van der Waals surface area contributed by atoms with Crippen molar-refractivity contribution in [1.82, 2.24) is 0 Å². The first-order chi connectivity index (χ1) is 19.2. The van der Waals surface area contributed by atoms with Crippen molar-refractivity contribution in [2.45, 2.75) is 102 Å². The van der Waals surface area contributed by atoms with Crippen molar-refractivity contribution in [3.8, 4) is 11.5 Å². The summed E-state index contributed by atoms with van der Waals surface area (Å²) in [6.45, 7) is 6.09. The lowest BCUT2D eigenvalue weighted by molar-refractivity contribution is 0.304. The number of thiol groups is 1. The molecule has 3 rings (SSSR count). The minimum atomic E-state index is -0.445. The summed E-state index contributed by atoms with van der Waals surface area (Å²) in [4.78, 5) is 0. The molecule has 1 unspecified atom stereocenters. The molecule has 39 heavy (non-hydrogen) atoms. The van der Waals surface area contributed by atoms with Gasteiger partial charge in [-0.1, -0.05) is 133 Å². The van der Waals surface area contributed by atoms with Crippen molar-refractivity contribution in [2.24, 2.45) is 0 Å². The van der Waals surface area contributed by atoms with Gasteiger partial charge < -0.3 is 9.47 Å². The van der Waals surface area contributed by atoms with Gasteiger partial charge in [-0.05, 0) is 60.2 Å². The van der Waals surface area contributed by atoms with Crippen molar-refractivity contribution in [3.05, 3.63) is 95.6 Å². The molecule has 0 aromatic heterocycles. The van der Waals surface area contributed by atoms with E-state index in [0.717, 1.165) is 44.0 Å². The van der Waals surface area contributed by atoms with Gasteiger partial charge in [0.25, 0.3) is 0 Å². The first-order valence-electron chi connectivity index (χ1n) is 15.4. The second-order valence-corrected chi connectivity index (χ2v) is 11.6. The van der Waals surface area contributed by atoms with Crippen LogP contribution in [0, 0.1) is 0 Å². The lowest BCUT2D eigenvalue weighted by Crippen LogP contribution is -2.24. The molecule has 0 N–H and O–H groups in total. The number of hydrogen-bond donors (Lipinski definition) is 1. The lowest BCUT2D eigenvalue weighted by atomic mass is 9.85. The summed E-state index contributed by atoms with van der Waals surface area (Å²) in [5.74, 6) is 1.88. The van der Waals surface area contributed by atoms with Gasteiger partial charge in [0.05, 0.1) is 18.0 Å². The molecule has 0 amide bonds. The quantitative estimate of drug-likeness (QED) is 0.112. The molecule has 0 bridgehead atoms. The van der Waals surface area contributed by atoms with E-state index in [-0.39, 0.29) is 0 Å². The van der Waals surface area contributed by atoms with E-state index in [9.17, 15) is 0 Å². The highest BCUT2D eigenvalue weighted by molar-refractivity contribution is 7.81. The zero-order chi connectivity index (χ0) is 27.6. The highest BCUT2D eigenvalue weighted by atomic mass is 32.1. The Morgan fingerprint density at radius 3 is 1.46 bits per heavy atom. The molecule has 0 saturated carbocycles. The van der Waals surface area contributed by atoms with Crippen LogP contribution in [0.4, 0.5) is 0 Å². The Bertz CT molecular complexity index is 1020. The maximum atomic E-state index is 6.04. The van der Waals surface area contributed by atoms with Gasteiger partial charge in [0, 0.05) is 0 Å². The zero-order valence-corrected chi connectivity index (χ0v) is 25.3. The summed E-state index contributed by atoms with van der Waals surface area (Å²) in [5, 5.41) is 0. The number of ether oxygens (including phenoxy) is 2. The monoisotopic (exact) mass is 546 g/mol. The fourth-order valence-electron chi connectivity index (χ4n) is 5.06. The van der Waals surface area contributed by atoms with Crippen LogP contribution < -0.4 is 9.47 Å².